The van der Waals surface area contributed by atoms with Crippen molar-refractivity contribution in [3.8, 4) is 0 Å². The molecule has 0 bridgehead atoms. The SMILES string of the molecule is [2H]C([2H])(N)c1cn2ccccc2n1.[2H]C([2H])(Nc1cc(Cl)nc2c(C(C)C)cnn12)c1cn2ccccc2n1. The Hall–Kier alpha value is -3.95. The molecule has 3 N–H and O–H groups in total. The van der Waals surface area contributed by atoms with E-state index in [0.29, 0.717) is 22.8 Å². The molecule has 0 aliphatic rings. The van der Waals surface area contributed by atoms with Crippen LogP contribution in [0.4, 0.5) is 5.82 Å². The monoisotopic (exact) mass is 491 g/mol. The third kappa shape index (κ3) is 4.82. The molecule has 0 atom stereocenters. The molecule has 6 heterocycles. The van der Waals surface area contributed by atoms with Crippen LogP contribution in [0.1, 0.15) is 42.2 Å². The standard InChI is InChI=1S/C17H17ClN6.C8H9N3/c1-11(2)13-9-20-24-16(7-14(18)22-17(13)24)19-8-12-10-23-6-4-3-5-15(23)21-12;9-5-7-6-11-4-2-1-3-8(11)10-7/h3-7,9-11,19H,8H2,1-2H3;1-4,6H,5,9H2/i8D2;5D2. The third-order valence-corrected chi connectivity index (χ3v) is 5.48. The lowest BCUT2D eigenvalue weighted by Crippen LogP contribution is -2.06. The number of imidazole rings is 2. The van der Waals surface area contributed by atoms with Gasteiger partial charge in [-0.3, -0.25) is 0 Å². The maximum atomic E-state index is 8.45. The zero-order valence-corrected chi connectivity index (χ0v) is 19.8. The highest BCUT2D eigenvalue weighted by Gasteiger charge is 2.13. The van der Waals surface area contributed by atoms with Crippen LogP contribution in [0.2, 0.25) is 5.15 Å². The van der Waals surface area contributed by atoms with Crippen molar-refractivity contribution in [1.29, 1.82) is 0 Å². The van der Waals surface area contributed by atoms with Gasteiger partial charge in [0.15, 0.2) is 5.65 Å². The van der Waals surface area contributed by atoms with E-state index >= 15 is 0 Å². The van der Waals surface area contributed by atoms with Crippen molar-refractivity contribution in [3.63, 3.8) is 0 Å². The molecular weight excluding hydrogens is 462 g/mol. The summed E-state index contributed by atoms with van der Waals surface area (Å²) in [4.78, 5) is 12.7. The van der Waals surface area contributed by atoms with E-state index in [1.54, 1.807) is 50.2 Å². The molecule has 0 unspecified atom stereocenters. The summed E-state index contributed by atoms with van der Waals surface area (Å²) < 4.78 is 36.5. The molecule has 0 aromatic carbocycles. The number of fused-ring (bicyclic) bond motifs is 3. The summed E-state index contributed by atoms with van der Waals surface area (Å²) in [6.07, 6.45) is 8.61. The van der Waals surface area contributed by atoms with Crippen molar-refractivity contribution in [2.75, 3.05) is 5.32 Å². The van der Waals surface area contributed by atoms with Crippen LogP contribution in [0.3, 0.4) is 0 Å². The van der Waals surface area contributed by atoms with Gasteiger partial charge in [-0.1, -0.05) is 37.6 Å². The summed E-state index contributed by atoms with van der Waals surface area (Å²) in [7, 11) is 0. The van der Waals surface area contributed by atoms with E-state index in [4.69, 9.17) is 22.8 Å². The maximum absolute atomic E-state index is 8.45. The zero-order chi connectivity index (χ0) is 27.9. The fourth-order valence-electron chi connectivity index (χ4n) is 3.57. The van der Waals surface area contributed by atoms with Crippen molar-refractivity contribution < 1.29 is 5.48 Å². The Kier molecular flexibility index (Phi) is 5.11. The van der Waals surface area contributed by atoms with Crippen molar-refractivity contribution in [2.24, 2.45) is 5.73 Å². The van der Waals surface area contributed by atoms with Gasteiger partial charge in [0.2, 0.25) is 0 Å². The average Bonchev–Trinajstić information content (AvgIpc) is 3.60. The number of anilines is 1. The molecule has 178 valence electrons. The number of nitrogens with two attached hydrogens (primary N) is 1. The Balaban J connectivity index is 0.000000198. The second-order valence-corrected chi connectivity index (χ2v) is 8.42. The number of nitrogens with zero attached hydrogens (tertiary/aromatic N) is 7. The van der Waals surface area contributed by atoms with Gasteiger partial charge in [-0.05, 0) is 30.2 Å². The average molecular weight is 492 g/mol. The maximum Gasteiger partial charge on any atom is 0.162 e. The molecule has 9 nitrogen and oxygen atoms in total. The van der Waals surface area contributed by atoms with Gasteiger partial charge in [0, 0.05) is 45.7 Å². The summed E-state index contributed by atoms with van der Waals surface area (Å²) in [6.45, 7) is 0.296. The number of hydrogen-bond donors (Lipinski definition) is 2. The largest absolute Gasteiger partial charge is 0.364 e. The molecule has 0 saturated carbocycles. The summed E-state index contributed by atoms with van der Waals surface area (Å²) in [5.74, 6) is 0.635. The normalized spacial score (nSPS) is 13.9. The van der Waals surface area contributed by atoms with Crippen LogP contribution >= 0.6 is 11.6 Å². The van der Waals surface area contributed by atoms with Crippen molar-refractivity contribution in [1.82, 2.24) is 33.4 Å². The van der Waals surface area contributed by atoms with Gasteiger partial charge in [0.05, 0.1) is 26.8 Å². The first-order valence-corrected chi connectivity index (χ1v) is 11.3. The second-order valence-electron chi connectivity index (χ2n) is 8.03. The van der Waals surface area contributed by atoms with E-state index in [2.05, 4.69) is 25.4 Å². The molecule has 0 radical (unpaired) electrons. The van der Waals surface area contributed by atoms with Crippen LogP contribution in [0.25, 0.3) is 16.9 Å². The molecule has 35 heavy (non-hydrogen) atoms. The van der Waals surface area contributed by atoms with Crippen molar-refractivity contribution in [3.05, 3.63) is 95.6 Å². The van der Waals surface area contributed by atoms with Crippen molar-refractivity contribution >= 4 is 34.4 Å². The van der Waals surface area contributed by atoms with Crippen LogP contribution < -0.4 is 11.1 Å². The Morgan fingerprint density at radius 1 is 1.00 bits per heavy atom. The summed E-state index contributed by atoms with van der Waals surface area (Å²) >= 11 is 6.16. The number of pyridine rings is 2. The van der Waals surface area contributed by atoms with Gasteiger partial charge in [-0.15, -0.1) is 0 Å². The lowest BCUT2D eigenvalue weighted by molar-refractivity contribution is 0.871. The molecule has 0 aliphatic heterocycles. The first kappa shape index (κ1) is 18.4. The van der Waals surface area contributed by atoms with Gasteiger partial charge in [0.25, 0.3) is 0 Å². The van der Waals surface area contributed by atoms with E-state index in [9.17, 15) is 0 Å². The predicted molar refractivity (Wildman–Crippen MR) is 138 cm³/mol. The van der Waals surface area contributed by atoms with Crippen molar-refractivity contribution in [2.45, 2.75) is 32.8 Å². The Morgan fingerprint density at radius 2 is 1.66 bits per heavy atom. The number of hydrogen-bond acceptors (Lipinski definition) is 6. The quantitative estimate of drug-likeness (QED) is 0.343. The van der Waals surface area contributed by atoms with E-state index in [-0.39, 0.29) is 22.5 Å². The smallest absolute Gasteiger partial charge is 0.162 e. The van der Waals surface area contributed by atoms with Gasteiger partial charge in [-0.2, -0.15) is 9.61 Å². The fraction of sp³-hybridized carbons (Fsp3) is 0.200. The molecule has 0 aliphatic carbocycles. The Labute approximate surface area is 212 Å². The molecule has 10 heteroatoms. The van der Waals surface area contributed by atoms with Gasteiger partial charge in [-0.25, -0.2) is 15.0 Å². The highest BCUT2D eigenvalue weighted by Crippen LogP contribution is 2.24. The fourth-order valence-corrected chi connectivity index (χ4v) is 3.76. The first-order chi connectivity index (χ1) is 18.4. The second kappa shape index (κ2) is 9.73. The minimum Gasteiger partial charge on any atom is -0.364 e. The third-order valence-electron chi connectivity index (χ3n) is 5.28. The number of halogens is 1. The highest BCUT2D eigenvalue weighted by molar-refractivity contribution is 6.29. The molecular formula is C25H26ClN9. The molecule has 6 aromatic heterocycles. The van der Waals surface area contributed by atoms with Crippen LogP contribution in [0.5, 0.6) is 0 Å². The van der Waals surface area contributed by atoms with E-state index < -0.39 is 13.0 Å². The summed E-state index contributed by atoms with van der Waals surface area (Å²) in [6, 6.07) is 12.6. The van der Waals surface area contributed by atoms with E-state index in [1.807, 2.05) is 50.4 Å². The topological polar surface area (TPSA) is 103 Å². The minimum atomic E-state index is -1.92. The molecule has 6 rings (SSSR count). The zero-order valence-electron chi connectivity index (χ0n) is 23.1. The summed E-state index contributed by atoms with van der Waals surface area (Å²) in [5, 5.41) is 7.48. The molecule has 6 aromatic rings. The van der Waals surface area contributed by atoms with Gasteiger partial charge >= 0.3 is 0 Å². The number of rotatable bonds is 5. The Morgan fingerprint density at radius 3 is 2.29 bits per heavy atom. The summed E-state index contributed by atoms with van der Waals surface area (Å²) in [5.41, 5.74) is 8.73. The lowest BCUT2D eigenvalue weighted by atomic mass is 10.1. The van der Waals surface area contributed by atoms with Crippen LogP contribution in [-0.4, -0.2) is 33.4 Å². The van der Waals surface area contributed by atoms with Gasteiger partial charge in [0.1, 0.15) is 22.3 Å². The van der Waals surface area contributed by atoms with Gasteiger partial charge < -0.3 is 19.9 Å². The highest BCUT2D eigenvalue weighted by atomic mass is 35.5. The van der Waals surface area contributed by atoms with Crippen LogP contribution in [0.15, 0.2) is 73.4 Å². The van der Waals surface area contributed by atoms with Crippen LogP contribution in [-0.2, 0) is 13.0 Å². The minimum absolute atomic E-state index is 0.224. The van der Waals surface area contributed by atoms with Crippen LogP contribution in [0, 0.1) is 0 Å². The predicted octanol–water partition coefficient (Wildman–Crippen LogP) is 4.56. The first-order valence-electron chi connectivity index (χ1n) is 12.9. The molecule has 0 amide bonds. The Bertz CT molecular complexity index is 1700. The number of nitrogens with one attached hydrogen (secondary N) is 1. The van der Waals surface area contributed by atoms with E-state index in [1.165, 1.54) is 0 Å². The molecule has 0 fully saturated rings. The molecule has 0 spiro atoms. The number of aromatic nitrogens is 7. The lowest BCUT2D eigenvalue weighted by Gasteiger charge is -2.08. The van der Waals surface area contributed by atoms with E-state index in [0.717, 1.165) is 5.56 Å². The molecule has 0 saturated heterocycles.